The number of anilines is 1. The van der Waals surface area contributed by atoms with Gasteiger partial charge in [0.1, 0.15) is 12.4 Å². The third kappa shape index (κ3) is 5.85. The zero-order valence-corrected chi connectivity index (χ0v) is 25.1. The van der Waals surface area contributed by atoms with Gasteiger partial charge in [-0.05, 0) is 51.2 Å². The van der Waals surface area contributed by atoms with Crippen LogP contribution in [-0.2, 0) is 20.9 Å². The fourth-order valence-electron chi connectivity index (χ4n) is 6.38. The number of aliphatic hydroxyl groups is 1. The largest absolute Gasteiger partial charge is 0.495 e. The van der Waals surface area contributed by atoms with Crippen molar-refractivity contribution in [1.29, 1.82) is 0 Å². The lowest BCUT2D eigenvalue weighted by atomic mass is 9.78. The molecule has 1 aliphatic heterocycles. The number of ether oxygens (including phenoxy) is 2. The third-order valence-electron chi connectivity index (χ3n) is 8.88. The lowest BCUT2D eigenvalue weighted by Crippen LogP contribution is -2.59. The summed E-state index contributed by atoms with van der Waals surface area (Å²) in [5.74, 6) is 1.30. The summed E-state index contributed by atoms with van der Waals surface area (Å²) in [6, 6.07) is 4.51. The zero-order chi connectivity index (χ0) is 29.4. The van der Waals surface area contributed by atoms with Crippen LogP contribution < -0.4 is 10.1 Å². The van der Waals surface area contributed by atoms with Crippen LogP contribution in [0.3, 0.4) is 0 Å². The molecule has 1 aromatic carbocycles. The summed E-state index contributed by atoms with van der Waals surface area (Å²) in [5.41, 5.74) is 2.39. The van der Waals surface area contributed by atoms with Crippen LogP contribution in [-0.4, -0.2) is 92.7 Å². The Hall–Kier alpha value is -3.19. The standard InChI is InChI=1S/C30H38N6O5S/c1-17-15-35(18(2)37)9-10-36(17)21-11-19(12-21)29(39)34-30-33-23-8-7-22(27(40-3)28(23)42-30)20-13-31-26(32-14-20)16-41-25-6-4-5-24(25)38/h7-8,13-14,17,19,21,24-25,38H,4-6,9-12,15-16H2,1-3H3,(H,33,34,39)/t17-,19-,21+,24-,25-/m0/s1. The van der Waals surface area contributed by atoms with Gasteiger partial charge in [-0.3, -0.25) is 14.5 Å². The molecule has 0 spiro atoms. The molecule has 224 valence electrons. The van der Waals surface area contributed by atoms with E-state index in [0.717, 1.165) is 73.1 Å². The van der Waals surface area contributed by atoms with E-state index in [0.29, 0.717) is 28.8 Å². The molecule has 3 aromatic rings. The molecule has 2 aliphatic carbocycles. The van der Waals surface area contributed by atoms with Crippen LogP contribution in [0.4, 0.5) is 5.13 Å². The number of amides is 2. The van der Waals surface area contributed by atoms with Gasteiger partial charge in [-0.1, -0.05) is 11.3 Å². The van der Waals surface area contributed by atoms with Crippen LogP contribution in [0.2, 0.25) is 0 Å². The average molecular weight is 595 g/mol. The van der Waals surface area contributed by atoms with Crippen LogP contribution in [0.1, 0.15) is 51.8 Å². The van der Waals surface area contributed by atoms with Crippen molar-refractivity contribution >= 4 is 38.5 Å². The summed E-state index contributed by atoms with van der Waals surface area (Å²) < 4.78 is 12.5. The summed E-state index contributed by atoms with van der Waals surface area (Å²) in [4.78, 5) is 42.7. The van der Waals surface area contributed by atoms with E-state index in [1.807, 2.05) is 17.0 Å². The van der Waals surface area contributed by atoms with Gasteiger partial charge >= 0.3 is 0 Å². The van der Waals surface area contributed by atoms with Gasteiger partial charge in [0, 0.05) is 68.1 Å². The van der Waals surface area contributed by atoms with Gasteiger partial charge in [0.25, 0.3) is 0 Å². The number of hydrogen-bond donors (Lipinski definition) is 2. The lowest BCUT2D eigenvalue weighted by Gasteiger charge is -2.49. The van der Waals surface area contributed by atoms with Crippen molar-refractivity contribution in [2.24, 2.45) is 5.92 Å². The van der Waals surface area contributed by atoms with E-state index in [4.69, 9.17) is 9.47 Å². The molecule has 3 atom stereocenters. The number of nitrogens with zero attached hydrogens (tertiary/aromatic N) is 5. The van der Waals surface area contributed by atoms with Gasteiger partial charge in [-0.2, -0.15) is 0 Å². The lowest BCUT2D eigenvalue weighted by molar-refractivity contribution is -0.133. The number of aromatic nitrogens is 3. The van der Waals surface area contributed by atoms with Crippen molar-refractivity contribution in [2.75, 3.05) is 32.1 Å². The second-order valence-electron chi connectivity index (χ2n) is 11.6. The molecule has 3 aliphatic rings. The number of carbonyl (C=O) groups excluding carboxylic acids is 2. The van der Waals surface area contributed by atoms with E-state index in [9.17, 15) is 14.7 Å². The average Bonchev–Trinajstić information content (AvgIpc) is 3.56. The molecule has 2 amide bonds. The SMILES string of the molecule is COc1c(-c2cnc(CO[C@H]3CCC[C@@H]3O)nc2)ccc2nc(NC(=O)[C@H]3C[C@@H](N4CCN(C(C)=O)C[C@@H]4C)C3)sc12. The second-order valence-corrected chi connectivity index (χ2v) is 12.6. The molecule has 42 heavy (non-hydrogen) atoms. The number of methoxy groups -OCH3 is 1. The zero-order valence-electron chi connectivity index (χ0n) is 24.3. The van der Waals surface area contributed by atoms with Crippen molar-refractivity contribution in [3.05, 3.63) is 30.4 Å². The molecule has 2 aromatic heterocycles. The molecule has 3 fully saturated rings. The molecule has 2 saturated carbocycles. The second kappa shape index (κ2) is 12.2. The first-order valence-corrected chi connectivity index (χ1v) is 15.5. The molecule has 12 heteroatoms. The predicted molar refractivity (Wildman–Crippen MR) is 159 cm³/mol. The summed E-state index contributed by atoms with van der Waals surface area (Å²) in [6.07, 6.45) is 7.17. The Morgan fingerprint density at radius 2 is 1.95 bits per heavy atom. The highest BCUT2D eigenvalue weighted by molar-refractivity contribution is 7.22. The number of hydrogen-bond acceptors (Lipinski definition) is 10. The summed E-state index contributed by atoms with van der Waals surface area (Å²) in [7, 11) is 1.62. The Morgan fingerprint density at radius 3 is 2.62 bits per heavy atom. The normalized spacial score (nSPS) is 26.3. The number of thiazole rings is 1. The number of piperazine rings is 1. The molecule has 3 heterocycles. The Morgan fingerprint density at radius 1 is 1.17 bits per heavy atom. The van der Waals surface area contributed by atoms with E-state index < -0.39 is 6.10 Å². The fraction of sp³-hybridized carbons (Fsp3) is 0.567. The highest BCUT2D eigenvalue weighted by Crippen LogP contribution is 2.41. The molecule has 0 radical (unpaired) electrons. The summed E-state index contributed by atoms with van der Waals surface area (Å²) in [6.45, 7) is 6.38. The Labute approximate surface area is 249 Å². The number of carbonyl (C=O) groups is 2. The smallest absolute Gasteiger partial charge is 0.229 e. The molecule has 11 nitrogen and oxygen atoms in total. The van der Waals surface area contributed by atoms with E-state index in [1.165, 1.54) is 11.3 Å². The van der Waals surface area contributed by atoms with Crippen LogP contribution in [0, 0.1) is 5.92 Å². The van der Waals surface area contributed by atoms with Gasteiger partial charge in [0.15, 0.2) is 11.0 Å². The molecule has 0 bridgehead atoms. The Bertz CT molecular complexity index is 1440. The maximum absolute atomic E-state index is 13.1. The molecular weight excluding hydrogens is 556 g/mol. The van der Waals surface area contributed by atoms with Crippen molar-refractivity contribution in [3.8, 4) is 16.9 Å². The first-order valence-electron chi connectivity index (χ1n) is 14.7. The highest BCUT2D eigenvalue weighted by atomic mass is 32.1. The highest BCUT2D eigenvalue weighted by Gasteiger charge is 2.41. The minimum atomic E-state index is -0.412. The van der Waals surface area contributed by atoms with Crippen LogP contribution in [0.5, 0.6) is 5.75 Å². The van der Waals surface area contributed by atoms with Crippen LogP contribution in [0.25, 0.3) is 21.3 Å². The van der Waals surface area contributed by atoms with E-state index in [1.54, 1.807) is 26.4 Å². The van der Waals surface area contributed by atoms with Gasteiger partial charge < -0.3 is 24.8 Å². The van der Waals surface area contributed by atoms with E-state index in [-0.39, 0.29) is 30.4 Å². The van der Waals surface area contributed by atoms with Gasteiger partial charge in [0.2, 0.25) is 11.8 Å². The van der Waals surface area contributed by atoms with Crippen LogP contribution >= 0.6 is 11.3 Å². The summed E-state index contributed by atoms with van der Waals surface area (Å²) >= 11 is 1.39. The number of rotatable bonds is 8. The fourth-order valence-corrected chi connectivity index (χ4v) is 7.38. The summed E-state index contributed by atoms with van der Waals surface area (Å²) in [5, 5.41) is 13.6. The predicted octanol–water partition coefficient (Wildman–Crippen LogP) is 3.46. The molecule has 2 N–H and O–H groups in total. The van der Waals surface area contributed by atoms with Crippen molar-refractivity contribution in [1.82, 2.24) is 24.8 Å². The molecule has 6 rings (SSSR count). The van der Waals surface area contributed by atoms with Gasteiger partial charge in [0.05, 0.1) is 29.5 Å². The Balaban J connectivity index is 1.08. The maximum atomic E-state index is 13.1. The maximum Gasteiger partial charge on any atom is 0.229 e. The molecular formula is C30H38N6O5S. The minimum Gasteiger partial charge on any atom is -0.495 e. The van der Waals surface area contributed by atoms with E-state index in [2.05, 4.69) is 32.1 Å². The van der Waals surface area contributed by atoms with Crippen molar-refractivity contribution < 1.29 is 24.2 Å². The monoisotopic (exact) mass is 594 g/mol. The number of nitrogens with one attached hydrogen (secondary N) is 1. The Kier molecular flexibility index (Phi) is 8.39. The number of fused-ring (bicyclic) bond motifs is 1. The van der Waals surface area contributed by atoms with Crippen molar-refractivity contribution in [2.45, 2.75) is 76.9 Å². The molecule has 1 saturated heterocycles. The van der Waals surface area contributed by atoms with Crippen molar-refractivity contribution in [3.63, 3.8) is 0 Å². The first-order chi connectivity index (χ1) is 20.3. The number of aliphatic hydroxyl groups excluding tert-OH is 1. The number of benzene rings is 1. The topological polar surface area (TPSA) is 130 Å². The minimum absolute atomic E-state index is 0.00384. The van der Waals surface area contributed by atoms with Crippen LogP contribution in [0.15, 0.2) is 24.5 Å². The first kappa shape index (κ1) is 28.9. The van der Waals surface area contributed by atoms with E-state index >= 15 is 0 Å². The quantitative estimate of drug-likeness (QED) is 0.403. The van der Waals surface area contributed by atoms with Gasteiger partial charge in [-0.25, -0.2) is 15.0 Å². The van der Waals surface area contributed by atoms with Gasteiger partial charge in [-0.15, -0.1) is 0 Å². The molecule has 0 unspecified atom stereocenters. The third-order valence-corrected chi connectivity index (χ3v) is 9.87.